The van der Waals surface area contributed by atoms with Gasteiger partial charge in [0.1, 0.15) is 24.7 Å². The molecule has 0 radical (unpaired) electrons. The molecule has 0 heterocycles. The highest BCUT2D eigenvalue weighted by Gasteiger charge is 2.12. The van der Waals surface area contributed by atoms with Crippen LogP contribution in [-0.4, -0.2) is 21.6 Å². The third-order valence-corrected chi connectivity index (χ3v) is 5.53. The Morgan fingerprint density at radius 1 is 0.718 bits per heavy atom. The summed E-state index contributed by atoms with van der Waals surface area (Å²) in [5, 5.41) is 30.5. The van der Waals surface area contributed by atoms with E-state index in [4.69, 9.17) is 14.6 Å². The molecule has 0 atom stereocenters. The molecule has 1 N–H and O–H groups in total. The second kappa shape index (κ2) is 14.7. The molecule has 0 aliphatic carbocycles. The van der Waals surface area contributed by atoms with Gasteiger partial charge in [0.25, 0.3) is 11.4 Å². The quantitative estimate of drug-likeness (QED) is 0.173. The van der Waals surface area contributed by atoms with Gasteiger partial charge in [-0.25, -0.2) is 0 Å². The summed E-state index contributed by atoms with van der Waals surface area (Å²) in [6.07, 6.45) is 1.87. The fraction of sp³-hybridized carbons (Fsp3) is 0.133. The summed E-state index contributed by atoms with van der Waals surface area (Å²) < 4.78 is 11.3. The van der Waals surface area contributed by atoms with Gasteiger partial charge in [0.2, 0.25) is 0 Å². The normalized spacial score (nSPS) is 10.1. The van der Waals surface area contributed by atoms with Crippen LogP contribution < -0.4 is 9.47 Å². The van der Waals surface area contributed by atoms with Crippen molar-refractivity contribution in [3.05, 3.63) is 146 Å². The minimum absolute atomic E-state index is 0.000473. The summed E-state index contributed by atoms with van der Waals surface area (Å²) >= 11 is 0. The van der Waals surface area contributed by atoms with E-state index in [1.165, 1.54) is 24.3 Å². The SMILES string of the molecule is C=Cc1cc([N+](=O)[O-])ccc1OCc1ccccc1.O=[N+]([O-])c1ccc(OCc2ccccc2)c(CCO)c1. The average molecular weight is 529 g/mol. The molecule has 4 aromatic rings. The Labute approximate surface area is 225 Å². The van der Waals surface area contributed by atoms with Crippen LogP contribution in [0.4, 0.5) is 11.4 Å². The van der Waals surface area contributed by atoms with Gasteiger partial charge < -0.3 is 14.6 Å². The molecule has 200 valence electrons. The zero-order valence-corrected chi connectivity index (χ0v) is 21.1. The minimum atomic E-state index is -0.456. The van der Waals surface area contributed by atoms with Crippen LogP contribution in [0, 0.1) is 20.2 Å². The maximum Gasteiger partial charge on any atom is 0.270 e. The summed E-state index contributed by atoms with van der Waals surface area (Å²) in [5.74, 6) is 1.15. The lowest BCUT2D eigenvalue weighted by Crippen LogP contribution is -2.01. The minimum Gasteiger partial charge on any atom is -0.489 e. The van der Waals surface area contributed by atoms with Crippen molar-refractivity contribution in [1.82, 2.24) is 0 Å². The molecule has 4 aromatic carbocycles. The first kappa shape index (κ1) is 28.5. The van der Waals surface area contributed by atoms with E-state index in [1.807, 2.05) is 60.7 Å². The number of hydrogen-bond donors (Lipinski definition) is 1. The number of ether oxygens (including phenoxy) is 2. The third kappa shape index (κ3) is 8.80. The van der Waals surface area contributed by atoms with E-state index < -0.39 is 9.85 Å². The molecule has 9 heteroatoms. The second-order valence-electron chi connectivity index (χ2n) is 8.25. The lowest BCUT2D eigenvalue weighted by atomic mass is 10.1. The molecule has 0 fully saturated rings. The number of aliphatic hydroxyl groups is 1. The van der Waals surface area contributed by atoms with E-state index in [1.54, 1.807) is 18.2 Å². The molecule has 0 amide bonds. The summed E-state index contributed by atoms with van der Waals surface area (Å²) in [5.41, 5.74) is 3.34. The molecule has 0 bridgehead atoms. The first-order chi connectivity index (χ1) is 18.9. The second-order valence-corrected chi connectivity index (χ2v) is 8.25. The fourth-order valence-corrected chi connectivity index (χ4v) is 3.55. The Hall–Kier alpha value is -5.02. The Balaban J connectivity index is 0.000000216. The van der Waals surface area contributed by atoms with Crippen LogP contribution in [0.2, 0.25) is 0 Å². The zero-order chi connectivity index (χ0) is 28.0. The van der Waals surface area contributed by atoms with Crippen LogP contribution in [0.1, 0.15) is 22.3 Å². The average Bonchev–Trinajstić information content (AvgIpc) is 2.96. The Kier molecular flexibility index (Phi) is 10.7. The van der Waals surface area contributed by atoms with Crippen molar-refractivity contribution in [1.29, 1.82) is 0 Å². The molecule has 9 nitrogen and oxygen atoms in total. The Bertz CT molecular complexity index is 1390. The topological polar surface area (TPSA) is 125 Å². The van der Waals surface area contributed by atoms with E-state index in [0.29, 0.717) is 42.3 Å². The largest absolute Gasteiger partial charge is 0.489 e. The van der Waals surface area contributed by atoms with Crippen molar-refractivity contribution in [3.63, 3.8) is 0 Å². The molecule has 0 saturated carbocycles. The highest BCUT2D eigenvalue weighted by atomic mass is 16.6. The lowest BCUT2D eigenvalue weighted by molar-refractivity contribution is -0.385. The molecule has 0 spiro atoms. The summed E-state index contributed by atoms with van der Waals surface area (Å²) in [7, 11) is 0. The van der Waals surface area contributed by atoms with E-state index in [0.717, 1.165) is 11.1 Å². The highest BCUT2D eigenvalue weighted by molar-refractivity contribution is 5.59. The van der Waals surface area contributed by atoms with Crippen LogP contribution in [0.5, 0.6) is 11.5 Å². The number of non-ortho nitro benzene ring substituents is 2. The Morgan fingerprint density at radius 3 is 1.69 bits per heavy atom. The molecule has 0 aliphatic heterocycles. The van der Waals surface area contributed by atoms with E-state index in [2.05, 4.69) is 6.58 Å². The first-order valence-corrected chi connectivity index (χ1v) is 12.0. The van der Waals surface area contributed by atoms with Crippen molar-refractivity contribution < 1.29 is 24.4 Å². The van der Waals surface area contributed by atoms with Gasteiger partial charge in [0.05, 0.1) is 9.85 Å². The monoisotopic (exact) mass is 528 g/mol. The highest BCUT2D eigenvalue weighted by Crippen LogP contribution is 2.27. The van der Waals surface area contributed by atoms with Crippen LogP contribution in [-0.2, 0) is 19.6 Å². The molecule has 0 aromatic heterocycles. The molecule has 39 heavy (non-hydrogen) atoms. The maximum atomic E-state index is 10.8. The van der Waals surface area contributed by atoms with Gasteiger partial charge >= 0.3 is 0 Å². The van der Waals surface area contributed by atoms with Gasteiger partial charge in [-0.15, -0.1) is 0 Å². The standard InChI is InChI=1S/C15H15NO4.C15H13NO3/c17-9-8-13-10-14(16(18)19)6-7-15(13)20-11-12-4-2-1-3-5-12;1-2-13-10-14(16(17)18)8-9-15(13)19-11-12-6-4-3-5-7-12/h1-7,10,17H,8-9,11H2;2-10H,1,11H2. The maximum absolute atomic E-state index is 10.8. The Morgan fingerprint density at radius 2 is 1.21 bits per heavy atom. The summed E-state index contributed by atoms with van der Waals surface area (Å²) in [6.45, 7) is 4.37. The predicted molar refractivity (Wildman–Crippen MR) is 149 cm³/mol. The van der Waals surface area contributed by atoms with Gasteiger partial charge in [-0.2, -0.15) is 0 Å². The van der Waals surface area contributed by atoms with Gasteiger partial charge in [-0.1, -0.05) is 73.3 Å². The molecule has 0 unspecified atom stereocenters. The molecule has 4 rings (SSSR count). The molecular formula is C30H28N2O7. The lowest BCUT2D eigenvalue weighted by Gasteiger charge is -2.10. The number of hydrogen-bond acceptors (Lipinski definition) is 7. The summed E-state index contributed by atoms with van der Waals surface area (Å²) in [4.78, 5) is 20.5. The zero-order valence-electron chi connectivity index (χ0n) is 21.1. The van der Waals surface area contributed by atoms with Gasteiger partial charge in [0, 0.05) is 42.0 Å². The van der Waals surface area contributed by atoms with E-state index >= 15 is 0 Å². The number of rotatable bonds is 11. The number of nitro groups is 2. The van der Waals surface area contributed by atoms with Crippen LogP contribution in [0.3, 0.4) is 0 Å². The van der Waals surface area contributed by atoms with Crippen LogP contribution in [0.15, 0.2) is 104 Å². The third-order valence-electron chi connectivity index (χ3n) is 5.53. The first-order valence-electron chi connectivity index (χ1n) is 12.0. The number of nitrogens with zero attached hydrogens (tertiary/aromatic N) is 2. The fourth-order valence-electron chi connectivity index (χ4n) is 3.55. The van der Waals surface area contributed by atoms with Crippen molar-refractivity contribution in [2.75, 3.05) is 6.61 Å². The number of benzene rings is 4. The van der Waals surface area contributed by atoms with Crippen LogP contribution >= 0.6 is 0 Å². The van der Waals surface area contributed by atoms with Crippen LogP contribution in [0.25, 0.3) is 6.08 Å². The number of aliphatic hydroxyl groups excluding tert-OH is 1. The van der Waals surface area contributed by atoms with Crippen molar-refractivity contribution >= 4 is 17.5 Å². The number of nitro benzene ring substituents is 2. The smallest absolute Gasteiger partial charge is 0.270 e. The van der Waals surface area contributed by atoms with Crippen molar-refractivity contribution in [2.45, 2.75) is 19.6 Å². The molecule has 0 aliphatic rings. The molecular weight excluding hydrogens is 500 g/mol. The van der Waals surface area contributed by atoms with Gasteiger partial charge in [-0.05, 0) is 29.7 Å². The van der Waals surface area contributed by atoms with Crippen molar-refractivity contribution in [2.24, 2.45) is 0 Å². The predicted octanol–water partition coefficient (Wildman–Crippen LogP) is 6.53. The van der Waals surface area contributed by atoms with Gasteiger partial charge in [-0.3, -0.25) is 20.2 Å². The van der Waals surface area contributed by atoms with E-state index in [-0.39, 0.29) is 18.0 Å². The van der Waals surface area contributed by atoms with E-state index in [9.17, 15) is 20.2 Å². The van der Waals surface area contributed by atoms with Crippen molar-refractivity contribution in [3.8, 4) is 11.5 Å². The van der Waals surface area contributed by atoms with Gasteiger partial charge in [0.15, 0.2) is 0 Å². The molecule has 0 saturated heterocycles. The summed E-state index contributed by atoms with van der Waals surface area (Å²) in [6, 6.07) is 28.3.